The van der Waals surface area contributed by atoms with Gasteiger partial charge in [0.2, 0.25) is 5.88 Å². The maximum absolute atomic E-state index is 13.6. The lowest BCUT2D eigenvalue weighted by Crippen LogP contribution is -2.19. The van der Waals surface area contributed by atoms with Gasteiger partial charge < -0.3 is 24.8 Å². The van der Waals surface area contributed by atoms with E-state index >= 15 is 0 Å². The van der Waals surface area contributed by atoms with E-state index in [0.29, 0.717) is 50.4 Å². The summed E-state index contributed by atoms with van der Waals surface area (Å²) >= 11 is 12.4. The number of nitrogens with zero attached hydrogens (tertiary/aromatic N) is 2. The monoisotopic (exact) mass is 694 g/mol. The number of carbonyl (C=O) groups is 2. The number of rotatable bonds is 9. The number of benzene rings is 5. The van der Waals surface area contributed by atoms with Gasteiger partial charge in [0.05, 0.1) is 52.0 Å². The number of fused-ring (bicyclic) bond motifs is 2. The maximum atomic E-state index is 13.6. The number of halogens is 2. The van der Waals surface area contributed by atoms with E-state index < -0.39 is 12.0 Å². The fourth-order valence-electron chi connectivity index (χ4n) is 6.08. The second kappa shape index (κ2) is 14.1. The minimum absolute atomic E-state index is 0.0740. The minimum atomic E-state index is -0.618. The van der Waals surface area contributed by atoms with Gasteiger partial charge in [0.15, 0.2) is 11.5 Å². The molecule has 2 N–H and O–H groups in total. The van der Waals surface area contributed by atoms with Crippen molar-refractivity contribution in [1.82, 2.24) is 9.78 Å². The third-order valence-electron chi connectivity index (χ3n) is 8.51. The number of methoxy groups -OCH3 is 1. The predicted octanol–water partition coefficient (Wildman–Crippen LogP) is 9.74. The Balaban J connectivity index is 1.18. The van der Waals surface area contributed by atoms with Crippen molar-refractivity contribution in [3.8, 4) is 17.4 Å². The summed E-state index contributed by atoms with van der Waals surface area (Å²) in [7, 11) is 1.56. The SMILES string of the molecule is COc1ccc(C(=O)Oc2nn(Cc3ccc(Cl)c(Cl)c3)c3ccc(NC(=O)Nc4cccc5ccccc45)cc23)cc1OC1CCCC1. The third-order valence-corrected chi connectivity index (χ3v) is 9.25. The third kappa shape index (κ3) is 7.13. The topological polar surface area (TPSA) is 104 Å². The highest BCUT2D eigenvalue weighted by Gasteiger charge is 2.22. The number of anilines is 2. The van der Waals surface area contributed by atoms with Crippen LogP contribution in [0, 0.1) is 0 Å². The van der Waals surface area contributed by atoms with Crippen molar-refractivity contribution in [3.63, 3.8) is 0 Å². The molecule has 5 aromatic carbocycles. The molecule has 1 aromatic heterocycles. The molecule has 0 unspecified atom stereocenters. The standard InChI is InChI=1S/C38H32Cl2N4O5/c1-47-34-18-14-25(20-35(34)48-27-9-3-4-10-27)37(45)49-36-29-21-26(41-38(46)42-32-12-6-8-24-7-2-5-11-28(24)32)15-17-33(29)44(43-36)22-23-13-16-30(39)31(40)19-23/h2,5-8,11-21,27H,3-4,9-10,22H2,1H3,(H2,41,42,46). The molecule has 2 amide bonds. The van der Waals surface area contributed by atoms with Crippen molar-refractivity contribution in [2.75, 3.05) is 17.7 Å². The lowest BCUT2D eigenvalue weighted by molar-refractivity contribution is 0.0727. The molecule has 248 valence electrons. The van der Waals surface area contributed by atoms with Crippen LogP contribution < -0.4 is 24.8 Å². The molecule has 11 heteroatoms. The number of hydrogen-bond acceptors (Lipinski definition) is 6. The number of urea groups is 1. The molecular weight excluding hydrogens is 663 g/mol. The lowest BCUT2D eigenvalue weighted by Gasteiger charge is -2.16. The highest BCUT2D eigenvalue weighted by atomic mass is 35.5. The van der Waals surface area contributed by atoms with Gasteiger partial charge in [0.25, 0.3) is 0 Å². The van der Waals surface area contributed by atoms with Crippen molar-refractivity contribution in [3.05, 3.63) is 118 Å². The zero-order valence-electron chi connectivity index (χ0n) is 26.5. The van der Waals surface area contributed by atoms with Crippen molar-refractivity contribution >= 4 is 68.3 Å². The van der Waals surface area contributed by atoms with Crippen molar-refractivity contribution in [2.24, 2.45) is 0 Å². The lowest BCUT2D eigenvalue weighted by atomic mass is 10.1. The summed E-state index contributed by atoms with van der Waals surface area (Å²) in [4.78, 5) is 26.7. The van der Waals surface area contributed by atoms with E-state index in [0.717, 1.165) is 42.0 Å². The van der Waals surface area contributed by atoms with E-state index in [4.69, 9.17) is 37.4 Å². The summed E-state index contributed by atoms with van der Waals surface area (Å²) in [5.41, 5.74) is 2.96. The van der Waals surface area contributed by atoms with Crippen LogP contribution in [0.2, 0.25) is 10.0 Å². The highest BCUT2D eigenvalue weighted by Crippen LogP contribution is 2.34. The molecule has 1 aliphatic rings. The van der Waals surface area contributed by atoms with Crippen molar-refractivity contribution < 1.29 is 23.8 Å². The van der Waals surface area contributed by atoms with E-state index in [1.807, 2.05) is 54.6 Å². The van der Waals surface area contributed by atoms with Crippen LogP contribution in [0.1, 0.15) is 41.6 Å². The zero-order valence-corrected chi connectivity index (χ0v) is 28.1. The smallest absolute Gasteiger partial charge is 0.345 e. The van der Waals surface area contributed by atoms with Crippen LogP contribution in [0.4, 0.5) is 16.2 Å². The van der Waals surface area contributed by atoms with E-state index in [2.05, 4.69) is 15.7 Å². The van der Waals surface area contributed by atoms with Gasteiger partial charge in [-0.3, -0.25) is 4.68 Å². The number of ether oxygens (including phenoxy) is 3. The molecule has 0 aliphatic heterocycles. The molecule has 1 aliphatic carbocycles. The van der Waals surface area contributed by atoms with E-state index in [1.54, 1.807) is 54.3 Å². The first-order chi connectivity index (χ1) is 23.8. The van der Waals surface area contributed by atoms with E-state index in [-0.39, 0.29) is 17.5 Å². The number of amides is 2. The average Bonchev–Trinajstić information content (AvgIpc) is 3.74. The van der Waals surface area contributed by atoms with Crippen LogP contribution in [-0.4, -0.2) is 35.0 Å². The first-order valence-electron chi connectivity index (χ1n) is 15.9. The van der Waals surface area contributed by atoms with Gasteiger partial charge in [-0.25, -0.2) is 9.59 Å². The number of carbonyl (C=O) groups excluding carboxylic acids is 2. The van der Waals surface area contributed by atoms with Gasteiger partial charge in [-0.15, -0.1) is 5.10 Å². The summed E-state index contributed by atoms with van der Waals surface area (Å²) in [5.74, 6) is 0.485. The Morgan fingerprint density at radius 3 is 2.47 bits per heavy atom. The fraction of sp³-hybridized carbons (Fsp3) is 0.184. The maximum Gasteiger partial charge on any atom is 0.345 e. The molecule has 7 rings (SSSR count). The van der Waals surface area contributed by atoms with Gasteiger partial charge in [0.1, 0.15) is 0 Å². The molecule has 0 radical (unpaired) electrons. The Morgan fingerprint density at radius 2 is 1.65 bits per heavy atom. The largest absolute Gasteiger partial charge is 0.493 e. The molecule has 1 fully saturated rings. The quantitative estimate of drug-likeness (QED) is 0.146. The molecule has 0 bridgehead atoms. The molecule has 0 atom stereocenters. The normalized spacial score (nSPS) is 13.0. The van der Waals surface area contributed by atoms with Crippen LogP contribution in [0.15, 0.2) is 97.1 Å². The molecular formula is C38H32Cl2N4O5. The van der Waals surface area contributed by atoms with Gasteiger partial charge in [-0.2, -0.15) is 0 Å². The number of esters is 1. The summed E-state index contributed by atoms with van der Waals surface area (Å²) in [5, 5.41) is 13.8. The Hall–Kier alpha value is -5.25. The zero-order chi connectivity index (χ0) is 33.9. The average molecular weight is 696 g/mol. The van der Waals surface area contributed by atoms with Crippen LogP contribution in [0.3, 0.4) is 0 Å². The second-order valence-corrected chi connectivity index (χ2v) is 12.6. The number of aromatic nitrogens is 2. The minimum Gasteiger partial charge on any atom is -0.493 e. The van der Waals surface area contributed by atoms with Crippen LogP contribution in [-0.2, 0) is 6.54 Å². The molecule has 6 aromatic rings. The van der Waals surface area contributed by atoms with Gasteiger partial charge >= 0.3 is 12.0 Å². The molecule has 0 spiro atoms. The molecule has 0 saturated heterocycles. The van der Waals surface area contributed by atoms with Crippen molar-refractivity contribution in [1.29, 1.82) is 0 Å². The summed E-state index contributed by atoms with van der Waals surface area (Å²) in [6.45, 7) is 0.321. The van der Waals surface area contributed by atoms with Crippen molar-refractivity contribution in [2.45, 2.75) is 38.3 Å². The Morgan fingerprint density at radius 1 is 0.837 bits per heavy atom. The molecule has 49 heavy (non-hydrogen) atoms. The Bertz CT molecular complexity index is 2190. The van der Waals surface area contributed by atoms with E-state index in [9.17, 15) is 9.59 Å². The number of nitrogens with one attached hydrogen (secondary N) is 2. The predicted molar refractivity (Wildman–Crippen MR) is 193 cm³/mol. The molecule has 9 nitrogen and oxygen atoms in total. The fourth-order valence-corrected chi connectivity index (χ4v) is 6.40. The van der Waals surface area contributed by atoms with Gasteiger partial charge in [0, 0.05) is 11.1 Å². The Kier molecular flexibility index (Phi) is 9.28. The first-order valence-corrected chi connectivity index (χ1v) is 16.7. The second-order valence-electron chi connectivity index (χ2n) is 11.8. The number of hydrogen-bond donors (Lipinski definition) is 2. The van der Waals surface area contributed by atoms with Crippen LogP contribution >= 0.6 is 23.2 Å². The summed E-state index contributed by atoms with van der Waals surface area (Å²) in [6, 6.07) is 28.7. The van der Waals surface area contributed by atoms with Crippen LogP contribution in [0.5, 0.6) is 17.4 Å². The summed E-state index contributed by atoms with van der Waals surface area (Å²) in [6.07, 6.45) is 4.19. The van der Waals surface area contributed by atoms with Gasteiger partial charge in [-0.1, -0.05) is 65.7 Å². The van der Waals surface area contributed by atoms with Crippen LogP contribution in [0.25, 0.3) is 21.7 Å². The van der Waals surface area contributed by atoms with Gasteiger partial charge in [-0.05, 0) is 91.2 Å². The molecule has 1 saturated carbocycles. The molecule has 1 heterocycles. The van der Waals surface area contributed by atoms with E-state index in [1.165, 1.54) is 0 Å². The summed E-state index contributed by atoms with van der Waals surface area (Å²) < 4.78 is 19.3. The first kappa shape index (κ1) is 32.3. The Labute approximate surface area is 292 Å². The highest BCUT2D eigenvalue weighted by molar-refractivity contribution is 6.42.